The van der Waals surface area contributed by atoms with Crippen molar-refractivity contribution in [3.63, 3.8) is 0 Å². The summed E-state index contributed by atoms with van der Waals surface area (Å²) >= 11 is 0. The molecule has 1 saturated carbocycles. The summed E-state index contributed by atoms with van der Waals surface area (Å²) in [6.45, 7) is 2.44. The van der Waals surface area contributed by atoms with Gasteiger partial charge in [-0.1, -0.05) is 6.92 Å². The molecule has 0 aromatic heterocycles. The zero-order chi connectivity index (χ0) is 14.8. The second kappa shape index (κ2) is 5.92. The van der Waals surface area contributed by atoms with Crippen LogP contribution in [0.15, 0.2) is 23.2 Å². The van der Waals surface area contributed by atoms with Crippen LogP contribution >= 0.6 is 0 Å². The lowest BCUT2D eigenvalue weighted by Gasteiger charge is -2.27. The number of nitrogens with one attached hydrogen (secondary N) is 1. The lowest BCUT2D eigenvalue weighted by Crippen LogP contribution is -2.35. The minimum absolute atomic E-state index is 0.00963. The Morgan fingerprint density at radius 3 is 2.75 bits per heavy atom. The third-order valence-electron chi connectivity index (χ3n) is 4.25. The predicted molar refractivity (Wildman–Crippen MR) is 71.9 cm³/mol. The second-order valence-electron chi connectivity index (χ2n) is 5.62. The number of aliphatic hydroxyl groups is 1. The van der Waals surface area contributed by atoms with Crippen LogP contribution in [0.5, 0.6) is 0 Å². The maximum Gasteiger partial charge on any atom is 0.143 e. The molecule has 1 unspecified atom stereocenters. The minimum atomic E-state index is -1.58. The largest absolute Gasteiger partial charge is 0.390 e. The van der Waals surface area contributed by atoms with Gasteiger partial charge in [0.15, 0.2) is 0 Å². The summed E-state index contributed by atoms with van der Waals surface area (Å²) in [5.41, 5.74) is -0.648. The van der Waals surface area contributed by atoms with Crippen molar-refractivity contribution in [1.82, 2.24) is 5.32 Å². The first-order chi connectivity index (χ1) is 9.50. The fourth-order valence-corrected chi connectivity index (χ4v) is 2.71. The van der Waals surface area contributed by atoms with Crippen LogP contribution in [0.25, 0.3) is 0 Å². The molecule has 110 valence electrons. The molecule has 20 heavy (non-hydrogen) atoms. The molecule has 1 fully saturated rings. The summed E-state index contributed by atoms with van der Waals surface area (Å²) in [4.78, 5) is 0. The molecule has 2 N–H and O–H groups in total. The van der Waals surface area contributed by atoms with E-state index in [-0.39, 0.29) is 6.42 Å². The summed E-state index contributed by atoms with van der Waals surface area (Å²) in [6, 6.07) is 1.55. The van der Waals surface area contributed by atoms with E-state index in [0.29, 0.717) is 31.0 Å². The van der Waals surface area contributed by atoms with Gasteiger partial charge >= 0.3 is 0 Å². The summed E-state index contributed by atoms with van der Waals surface area (Å²) < 4.78 is 27.0. The van der Waals surface area contributed by atoms with Crippen molar-refractivity contribution < 1.29 is 13.9 Å². The monoisotopic (exact) mass is 282 g/mol. The molecule has 5 heteroatoms. The number of alkyl halides is 1. The highest BCUT2D eigenvalue weighted by Crippen LogP contribution is 2.43. The molecular formula is C15H20F2N2O. The highest BCUT2D eigenvalue weighted by atomic mass is 19.1. The van der Waals surface area contributed by atoms with Gasteiger partial charge in [-0.15, -0.1) is 0 Å². The van der Waals surface area contributed by atoms with Crippen LogP contribution in [0, 0.1) is 17.2 Å². The van der Waals surface area contributed by atoms with E-state index in [2.05, 4.69) is 5.32 Å². The molecule has 2 atom stereocenters. The number of allylic oxidation sites excluding steroid dienone is 4. The molecule has 0 heterocycles. The maximum atomic E-state index is 13.6. The molecule has 2 aliphatic rings. The number of halogens is 2. The van der Waals surface area contributed by atoms with Gasteiger partial charge in [0, 0.05) is 18.7 Å². The van der Waals surface area contributed by atoms with E-state index < -0.39 is 23.2 Å². The van der Waals surface area contributed by atoms with E-state index in [4.69, 9.17) is 5.26 Å². The number of hydrogen-bond donors (Lipinski definition) is 2. The summed E-state index contributed by atoms with van der Waals surface area (Å²) in [5, 5.41) is 22.0. The SMILES string of the molecule is CC[C@@](O)(CCNC1=CC(F)=C(C#N)C(F)C1)C1CC1. The van der Waals surface area contributed by atoms with E-state index in [1.807, 2.05) is 6.92 Å². The first-order valence-electron chi connectivity index (χ1n) is 7.11. The molecule has 2 rings (SSSR count). The van der Waals surface area contributed by atoms with E-state index >= 15 is 0 Å². The fraction of sp³-hybridized carbons (Fsp3) is 0.667. The third kappa shape index (κ3) is 3.18. The summed E-state index contributed by atoms with van der Waals surface area (Å²) in [5.74, 6) is -0.438. The normalized spacial score (nSPS) is 25.8. The Morgan fingerprint density at radius 1 is 1.55 bits per heavy atom. The minimum Gasteiger partial charge on any atom is -0.390 e. The second-order valence-corrected chi connectivity index (χ2v) is 5.62. The third-order valence-corrected chi connectivity index (χ3v) is 4.25. The molecule has 3 nitrogen and oxygen atoms in total. The van der Waals surface area contributed by atoms with Gasteiger partial charge in [-0.3, -0.25) is 0 Å². The number of nitriles is 1. The Balaban J connectivity index is 1.89. The quantitative estimate of drug-likeness (QED) is 0.787. The van der Waals surface area contributed by atoms with Gasteiger partial charge in [0.05, 0.1) is 11.2 Å². The van der Waals surface area contributed by atoms with Crippen LogP contribution in [-0.4, -0.2) is 23.4 Å². The smallest absolute Gasteiger partial charge is 0.143 e. The van der Waals surface area contributed by atoms with Gasteiger partial charge in [0.25, 0.3) is 0 Å². The standard InChI is InChI=1S/C15H20F2N2O/c1-2-15(20,10-3-4-10)5-6-19-11-7-13(16)12(9-18)14(17)8-11/h7,10,14,19-20H,2-6,8H2,1H3/t14?,15-/m1/s1. The Labute approximate surface area is 118 Å². The molecule has 0 aliphatic heterocycles. The van der Waals surface area contributed by atoms with E-state index in [1.54, 1.807) is 6.07 Å². The van der Waals surface area contributed by atoms with Crippen molar-refractivity contribution in [2.75, 3.05) is 6.54 Å². The van der Waals surface area contributed by atoms with Crippen molar-refractivity contribution in [2.45, 2.75) is 50.8 Å². The Bertz CT molecular complexity index is 477. The van der Waals surface area contributed by atoms with E-state index in [0.717, 1.165) is 12.8 Å². The maximum absolute atomic E-state index is 13.6. The topological polar surface area (TPSA) is 56.0 Å². The van der Waals surface area contributed by atoms with Crippen LogP contribution in [0.3, 0.4) is 0 Å². The summed E-state index contributed by atoms with van der Waals surface area (Å²) in [6.07, 6.45) is 2.96. The van der Waals surface area contributed by atoms with Crippen molar-refractivity contribution in [3.8, 4) is 6.07 Å². The zero-order valence-electron chi connectivity index (χ0n) is 11.6. The highest BCUT2D eigenvalue weighted by Gasteiger charge is 2.41. The Kier molecular flexibility index (Phi) is 4.44. The average molecular weight is 282 g/mol. The van der Waals surface area contributed by atoms with Gasteiger partial charge in [0.1, 0.15) is 18.1 Å². The zero-order valence-corrected chi connectivity index (χ0v) is 11.6. The van der Waals surface area contributed by atoms with Gasteiger partial charge < -0.3 is 10.4 Å². The molecule has 2 aliphatic carbocycles. The van der Waals surface area contributed by atoms with Gasteiger partial charge in [0.2, 0.25) is 0 Å². The fourth-order valence-electron chi connectivity index (χ4n) is 2.71. The van der Waals surface area contributed by atoms with Crippen LogP contribution in [0.1, 0.15) is 39.0 Å². The first-order valence-corrected chi connectivity index (χ1v) is 7.11. The van der Waals surface area contributed by atoms with Gasteiger partial charge in [-0.2, -0.15) is 5.26 Å². The Morgan fingerprint density at radius 2 is 2.25 bits per heavy atom. The molecule has 0 spiro atoms. The van der Waals surface area contributed by atoms with Gasteiger partial charge in [-0.05, 0) is 37.7 Å². The van der Waals surface area contributed by atoms with E-state index in [9.17, 15) is 13.9 Å². The van der Waals surface area contributed by atoms with Crippen LogP contribution in [-0.2, 0) is 0 Å². The molecule has 0 amide bonds. The number of nitrogens with zero attached hydrogens (tertiary/aromatic N) is 1. The average Bonchev–Trinajstić information content (AvgIpc) is 3.23. The van der Waals surface area contributed by atoms with Gasteiger partial charge in [-0.25, -0.2) is 8.78 Å². The molecule has 0 bridgehead atoms. The molecule has 0 radical (unpaired) electrons. The van der Waals surface area contributed by atoms with Crippen LogP contribution < -0.4 is 5.32 Å². The van der Waals surface area contributed by atoms with Crippen molar-refractivity contribution in [3.05, 3.63) is 23.2 Å². The highest BCUT2D eigenvalue weighted by molar-refractivity contribution is 5.39. The van der Waals surface area contributed by atoms with Crippen LogP contribution in [0.4, 0.5) is 8.78 Å². The van der Waals surface area contributed by atoms with Crippen LogP contribution in [0.2, 0.25) is 0 Å². The lowest BCUT2D eigenvalue weighted by molar-refractivity contribution is 0.00609. The first kappa shape index (κ1) is 15.0. The van der Waals surface area contributed by atoms with E-state index in [1.165, 1.54) is 6.08 Å². The van der Waals surface area contributed by atoms with Crippen molar-refractivity contribution in [2.24, 2.45) is 5.92 Å². The number of rotatable bonds is 6. The molecule has 0 aromatic rings. The summed E-state index contributed by atoms with van der Waals surface area (Å²) in [7, 11) is 0. The predicted octanol–water partition coefficient (Wildman–Crippen LogP) is 2.89. The Hall–Kier alpha value is -1.41. The van der Waals surface area contributed by atoms with Crippen molar-refractivity contribution >= 4 is 0 Å². The molecular weight excluding hydrogens is 262 g/mol. The molecule has 0 aromatic carbocycles. The molecule has 0 saturated heterocycles. The number of hydrogen-bond acceptors (Lipinski definition) is 3. The van der Waals surface area contributed by atoms with Crippen molar-refractivity contribution in [1.29, 1.82) is 5.26 Å². The lowest BCUT2D eigenvalue weighted by atomic mass is 9.90.